The van der Waals surface area contributed by atoms with E-state index in [1.165, 1.54) is 0 Å². The number of carbonyl (C=O) groups is 1. The van der Waals surface area contributed by atoms with E-state index in [9.17, 15) is 13.2 Å². The molecule has 1 rings (SSSR count). The van der Waals surface area contributed by atoms with E-state index in [4.69, 9.17) is 11.5 Å². The van der Waals surface area contributed by atoms with Crippen LogP contribution in [-0.2, 0) is 14.6 Å². The van der Waals surface area contributed by atoms with E-state index in [0.29, 0.717) is 19.4 Å². The molecule has 6 nitrogen and oxygen atoms in total. The van der Waals surface area contributed by atoms with Crippen LogP contribution in [0.15, 0.2) is 0 Å². The van der Waals surface area contributed by atoms with Crippen molar-refractivity contribution in [3.05, 3.63) is 0 Å². The number of hydrogen-bond acceptors (Lipinski definition) is 5. The number of hydrogen-bond donors (Lipinski definition) is 3. The molecular formula is C8H17N3O3S. The van der Waals surface area contributed by atoms with Crippen LogP contribution in [0.3, 0.4) is 0 Å². The highest BCUT2D eigenvalue weighted by molar-refractivity contribution is 7.91. The molecule has 0 spiro atoms. The smallest absolute Gasteiger partial charge is 0.235 e. The second-order valence-electron chi connectivity index (χ2n) is 3.84. The molecule has 0 saturated carbocycles. The summed E-state index contributed by atoms with van der Waals surface area (Å²) in [6.07, 6.45) is 1.15. The Morgan fingerprint density at radius 1 is 1.40 bits per heavy atom. The monoisotopic (exact) mass is 235 g/mol. The number of primary amides is 1. The van der Waals surface area contributed by atoms with Gasteiger partial charge in [-0.25, -0.2) is 8.42 Å². The predicted octanol–water partition coefficient (Wildman–Crippen LogP) is -2.03. The van der Waals surface area contributed by atoms with Crippen molar-refractivity contribution in [1.82, 2.24) is 5.32 Å². The highest BCUT2D eigenvalue weighted by atomic mass is 32.2. The molecule has 5 N–H and O–H groups in total. The van der Waals surface area contributed by atoms with Gasteiger partial charge in [0.05, 0.1) is 17.5 Å². The minimum atomic E-state index is -2.83. The van der Waals surface area contributed by atoms with Gasteiger partial charge in [-0.2, -0.15) is 0 Å². The largest absolute Gasteiger partial charge is 0.368 e. The topological polar surface area (TPSA) is 115 Å². The van der Waals surface area contributed by atoms with Gasteiger partial charge < -0.3 is 16.8 Å². The first-order valence-electron chi connectivity index (χ1n) is 4.89. The molecule has 0 bridgehead atoms. The van der Waals surface area contributed by atoms with Crippen LogP contribution < -0.4 is 16.8 Å². The minimum absolute atomic E-state index is 0.124. The highest BCUT2D eigenvalue weighted by Gasteiger charge is 2.23. The predicted molar refractivity (Wildman–Crippen MR) is 56.8 cm³/mol. The molecule has 0 aromatic rings. The Bertz CT molecular complexity index is 314. The Morgan fingerprint density at radius 3 is 2.40 bits per heavy atom. The van der Waals surface area contributed by atoms with Gasteiger partial charge in [0.2, 0.25) is 5.91 Å². The van der Waals surface area contributed by atoms with Gasteiger partial charge in [0, 0.05) is 12.6 Å². The van der Waals surface area contributed by atoms with Crippen molar-refractivity contribution in [2.24, 2.45) is 11.5 Å². The number of nitrogens with one attached hydrogen (secondary N) is 1. The third-order valence-corrected chi connectivity index (χ3v) is 4.26. The zero-order valence-corrected chi connectivity index (χ0v) is 9.29. The summed E-state index contributed by atoms with van der Waals surface area (Å²) in [5.41, 5.74) is 10.4. The molecule has 1 fully saturated rings. The van der Waals surface area contributed by atoms with Crippen molar-refractivity contribution in [1.29, 1.82) is 0 Å². The van der Waals surface area contributed by atoms with E-state index in [-0.39, 0.29) is 17.5 Å². The molecule has 1 heterocycles. The molecule has 88 valence electrons. The lowest BCUT2D eigenvalue weighted by Gasteiger charge is -2.24. The maximum Gasteiger partial charge on any atom is 0.235 e. The zero-order chi connectivity index (χ0) is 11.5. The first-order chi connectivity index (χ1) is 6.91. The molecule has 0 radical (unpaired) electrons. The van der Waals surface area contributed by atoms with Crippen LogP contribution in [0.25, 0.3) is 0 Å². The van der Waals surface area contributed by atoms with E-state index in [0.717, 1.165) is 0 Å². The Labute approximate surface area is 89.3 Å². The first-order valence-corrected chi connectivity index (χ1v) is 6.71. The van der Waals surface area contributed by atoms with Crippen LogP contribution in [0.1, 0.15) is 12.8 Å². The van der Waals surface area contributed by atoms with Crippen molar-refractivity contribution < 1.29 is 13.2 Å². The van der Waals surface area contributed by atoms with E-state index < -0.39 is 21.8 Å². The Hall–Kier alpha value is -0.660. The molecule has 1 aliphatic heterocycles. The number of rotatable bonds is 4. The van der Waals surface area contributed by atoms with Gasteiger partial charge in [0.25, 0.3) is 0 Å². The SMILES string of the molecule is NC(=O)C(N)CNC1CCS(=O)(=O)CC1. The average Bonchev–Trinajstić information content (AvgIpc) is 2.15. The fourth-order valence-electron chi connectivity index (χ4n) is 1.49. The summed E-state index contributed by atoms with van der Waals surface area (Å²) < 4.78 is 22.2. The second kappa shape index (κ2) is 4.91. The van der Waals surface area contributed by atoms with Gasteiger partial charge in [-0.1, -0.05) is 0 Å². The van der Waals surface area contributed by atoms with Gasteiger partial charge in [-0.3, -0.25) is 4.79 Å². The number of nitrogens with two attached hydrogens (primary N) is 2. The summed E-state index contributed by atoms with van der Waals surface area (Å²) in [5, 5.41) is 3.05. The molecule has 0 aliphatic carbocycles. The molecule has 1 atom stereocenters. The molecule has 1 aliphatic rings. The summed E-state index contributed by atoms with van der Waals surface area (Å²) >= 11 is 0. The average molecular weight is 235 g/mol. The van der Waals surface area contributed by atoms with E-state index in [1.54, 1.807) is 0 Å². The molecule has 7 heteroatoms. The third-order valence-electron chi connectivity index (χ3n) is 2.55. The molecule has 1 saturated heterocycles. The summed E-state index contributed by atoms with van der Waals surface area (Å²) in [5.74, 6) is -0.140. The molecule has 0 aromatic heterocycles. The Kier molecular flexibility index (Phi) is 4.06. The van der Waals surface area contributed by atoms with Crippen LogP contribution in [-0.4, -0.2) is 44.5 Å². The minimum Gasteiger partial charge on any atom is -0.368 e. The van der Waals surface area contributed by atoms with Crippen molar-refractivity contribution in [2.75, 3.05) is 18.1 Å². The lowest BCUT2D eigenvalue weighted by molar-refractivity contribution is -0.119. The lowest BCUT2D eigenvalue weighted by atomic mass is 10.1. The third kappa shape index (κ3) is 4.15. The van der Waals surface area contributed by atoms with Crippen LogP contribution in [0, 0.1) is 0 Å². The van der Waals surface area contributed by atoms with Gasteiger partial charge in [-0.05, 0) is 12.8 Å². The van der Waals surface area contributed by atoms with Gasteiger partial charge in [0.15, 0.2) is 0 Å². The van der Waals surface area contributed by atoms with E-state index in [2.05, 4.69) is 5.32 Å². The fourth-order valence-corrected chi connectivity index (χ4v) is 2.98. The Morgan fingerprint density at radius 2 is 1.93 bits per heavy atom. The van der Waals surface area contributed by atoms with Gasteiger partial charge >= 0.3 is 0 Å². The summed E-state index contributed by atoms with van der Waals surface area (Å²) in [6.45, 7) is 0.306. The van der Waals surface area contributed by atoms with Crippen LogP contribution in [0.2, 0.25) is 0 Å². The van der Waals surface area contributed by atoms with Crippen molar-refractivity contribution in [3.8, 4) is 0 Å². The maximum absolute atomic E-state index is 11.1. The van der Waals surface area contributed by atoms with Crippen molar-refractivity contribution in [3.63, 3.8) is 0 Å². The van der Waals surface area contributed by atoms with Gasteiger partial charge in [0.1, 0.15) is 9.84 Å². The maximum atomic E-state index is 11.1. The lowest BCUT2D eigenvalue weighted by Crippen LogP contribution is -2.48. The van der Waals surface area contributed by atoms with Crippen LogP contribution in [0.4, 0.5) is 0 Å². The molecule has 15 heavy (non-hydrogen) atoms. The van der Waals surface area contributed by atoms with Crippen molar-refractivity contribution in [2.45, 2.75) is 24.9 Å². The quantitative estimate of drug-likeness (QED) is 0.519. The van der Waals surface area contributed by atoms with Crippen LogP contribution >= 0.6 is 0 Å². The van der Waals surface area contributed by atoms with Gasteiger partial charge in [-0.15, -0.1) is 0 Å². The first kappa shape index (κ1) is 12.4. The normalized spacial score (nSPS) is 23.5. The standard InChI is InChI=1S/C8H17N3O3S/c9-7(8(10)12)5-11-6-1-3-15(13,14)4-2-6/h6-7,11H,1-5,9H2,(H2,10,12). The fraction of sp³-hybridized carbons (Fsp3) is 0.875. The molecular weight excluding hydrogens is 218 g/mol. The number of amides is 1. The molecule has 1 amide bonds. The molecule has 1 unspecified atom stereocenters. The summed E-state index contributed by atoms with van der Waals surface area (Å²) in [7, 11) is -2.83. The number of carbonyl (C=O) groups excluding carboxylic acids is 1. The van der Waals surface area contributed by atoms with Crippen LogP contribution in [0.5, 0.6) is 0 Å². The summed E-state index contributed by atoms with van der Waals surface area (Å²) in [6, 6.07) is -0.581. The Balaban J connectivity index is 2.28. The molecule has 0 aromatic carbocycles. The number of sulfone groups is 1. The van der Waals surface area contributed by atoms with E-state index in [1.807, 2.05) is 0 Å². The highest BCUT2D eigenvalue weighted by Crippen LogP contribution is 2.11. The zero-order valence-electron chi connectivity index (χ0n) is 8.48. The van der Waals surface area contributed by atoms with Crippen molar-refractivity contribution >= 4 is 15.7 Å². The second-order valence-corrected chi connectivity index (χ2v) is 6.15. The van der Waals surface area contributed by atoms with E-state index >= 15 is 0 Å². The summed E-state index contributed by atoms with van der Waals surface area (Å²) in [4.78, 5) is 10.6.